The number of morpholine rings is 1. The molecule has 0 aromatic rings. The van der Waals surface area contributed by atoms with Gasteiger partial charge in [0.1, 0.15) is 0 Å². The first-order valence-electron chi connectivity index (χ1n) is 5.12. The number of hydrogen-bond acceptors (Lipinski definition) is 4. The van der Waals surface area contributed by atoms with Gasteiger partial charge in [0.25, 0.3) is 0 Å². The minimum absolute atomic E-state index is 0.191. The summed E-state index contributed by atoms with van der Waals surface area (Å²) >= 11 is 0. The third-order valence-corrected chi connectivity index (χ3v) is 1.92. The zero-order valence-electron chi connectivity index (χ0n) is 9.22. The lowest BCUT2D eigenvalue weighted by Crippen LogP contribution is -2.43. The summed E-state index contributed by atoms with van der Waals surface area (Å²) in [5.74, 6) is -0.773. The quantitative estimate of drug-likeness (QED) is 0.590. The molecule has 7 heteroatoms. The number of amides is 2. The standard InChI is InChI=1S/C5H10N2O2.C4H9NO2/c6-5(8)7-1-3-9-4-2-7;5-3-1-2-4(6)7/h1-4H2,(H2,6,8);1-3,5H2,(H,6,7). The van der Waals surface area contributed by atoms with E-state index in [1.54, 1.807) is 4.90 Å². The van der Waals surface area contributed by atoms with Gasteiger partial charge >= 0.3 is 12.0 Å². The first kappa shape index (κ1) is 14.7. The van der Waals surface area contributed by atoms with E-state index < -0.39 is 5.97 Å². The van der Waals surface area contributed by atoms with Gasteiger partial charge in [-0.15, -0.1) is 0 Å². The molecule has 0 aliphatic carbocycles. The summed E-state index contributed by atoms with van der Waals surface area (Å²) in [5.41, 5.74) is 10.0. The van der Waals surface area contributed by atoms with E-state index in [4.69, 9.17) is 21.3 Å². The van der Waals surface area contributed by atoms with Crippen molar-refractivity contribution in [3.8, 4) is 0 Å². The second-order valence-electron chi connectivity index (χ2n) is 3.22. The fourth-order valence-electron chi connectivity index (χ4n) is 1.04. The van der Waals surface area contributed by atoms with Crippen molar-refractivity contribution >= 4 is 12.0 Å². The Labute approximate surface area is 94.3 Å². The highest BCUT2D eigenvalue weighted by Gasteiger charge is 2.12. The van der Waals surface area contributed by atoms with Gasteiger partial charge < -0.3 is 26.2 Å². The third-order valence-electron chi connectivity index (χ3n) is 1.92. The molecule has 16 heavy (non-hydrogen) atoms. The van der Waals surface area contributed by atoms with Crippen molar-refractivity contribution < 1.29 is 19.4 Å². The average molecular weight is 233 g/mol. The molecule has 94 valence electrons. The molecule has 0 unspecified atom stereocenters. The van der Waals surface area contributed by atoms with Gasteiger partial charge in [-0.3, -0.25) is 4.79 Å². The lowest BCUT2D eigenvalue weighted by atomic mass is 10.3. The molecule has 2 amide bonds. The van der Waals surface area contributed by atoms with Crippen LogP contribution >= 0.6 is 0 Å². The Morgan fingerprint density at radius 3 is 2.12 bits per heavy atom. The summed E-state index contributed by atoms with van der Waals surface area (Å²) in [4.78, 5) is 21.7. The van der Waals surface area contributed by atoms with Gasteiger partial charge in [0.15, 0.2) is 0 Å². The molecule has 0 radical (unpaired) electrons. The highest BCUT2D eigenvalue weighted by Crippen LogP contribution is 1.94. The Kier molecular flexibility index (Phi) is 8.18. The van der Waals surface area contributed by atoms with E-state index in [0.29, 0.717) is 39.3 Å². The highest BCUT2D eigenvalue weighted by atomic mass is 16.5. The summed E-state index contributed by atoms with van der Waals surface area (Å²) in [7, 11) is 0. The smallest absolute Gasteiger partial charge is 0.314 e. The number of urea groups is 1. The molecule has 1 rings (SSSR count). The normalized spacial score (nSPS) is 14.9. The second-order valence-corrected chi connectivity index (χ2v) is 3.22. The Hall–Kier alpha value is -1.34. The van der Waals surface area contributed by atoms with Gasteiger partial charge in [-0.05, 0) is 13.0 Å². The van der Waals surface area contributed by atoms with Gasteiger partial charge in [-0.25, -0.2) is 4.79 Å². The minimum atomic E-state index is -0.773. The summed E-state index contributed by atoms with van der Waals surface area (Å²) in [6.45, 7) is 2.96. The van der Waals surface area contributed by atoms with Crippen molar-refractivity contribution in [1.29, 1.82) is 0 Å². The first-order valence-corrected chi connectivity index (χ1v) is 5.12. The molecule has 1 saturated heterocycles. The number of rotatable bonds is 3. The molecule has 0 spiro atoms. The van der Waals surface area contributed by atoms with E-state index in [-0.39, 0.29) is 12.5 Å². The van der Waals surface area contributed by atoms with E-state index in [9.17, 15) is 9.59 Å². The van der Waals surface area contributed by atoms with Crippen LogP contribution in [0.5, 0.6) is 0 Å². The summed E-state index contributed by atoms with van der Waals surface area (Å²) in [6, 6.07) is -0.349. The average Bonchev–Trinajstić information content (AvgIpc) is 2.28. The van der Waals surface area contributed by atoms with Crippen molar-refractivity contribution in [3.05, 3.63) is 0 Å². The van der Waals surface area contributed by atoms with Crippen LogP contribution in [0.2, 0.25) is 0 Å². The number of nitrogens with two attached hydrogens (primary N) is 2. The maximum atomic E-state index is 10.4. The topological polar surface area (TPSA) is 119 Å². The molecule has 1 fully saturated rings. The number of carboxylic acids is 1. The Bertz CT molecular complexity index is 217. The fourth-order valence-corrected chi connectivity index (χ4v) is 1.04. The first-order chi connectivity index (χ1) is 7.57. The number of aliphatic carboxylic acids is 1. The van der Waals surface area contributed by atoms with E-state index in [1.165, 1.54) is 0 Å². The molecule has 7 nitrogen and oxygen atoms in total. The number of carboxylic acid groups (broad SMARTS) is 1. The number of carbonyl (C=O) groups is 2. The van der Waals surface area contributed by atoms with Crippen LogP contribution in [0.15, 0.2) is 0 Å². The second kappa shape index (κ2) is 8.93. The van der Waals surface area contributed by atoms with Gasteiger partial charge in [0.05, 0.1) is 13.2 Å². The van der Waals surface area contributed by atoms with Crippen LogP contribution in [-0.2, 0) is 9.53 Å². The Balaban J connectivity index is 0.000000293. The van der Waals surface area contributed by atoms with Gasteiger partial charge in [-0.1, -0.05) is 0 Å². The number of nitrogens with zero attached hydrogens (tertiary/aromatic N) is 1. The van der Waals surface area contributed by atoms with Crippen LogP contribution in [0, 0.1) is 0 Å². The molecule has 0 bridgehead atoms. The molecule has 5 N–H and O–H groups in total. The van der Waals surface area contributed by atoms with Crippen LogP contribution in [0.25, 0.3) is 0 Å². The van der Waals surface area contributed by atoms with E-state index >= 15 is 0 Å². The summed E-state index contributed by atoms with van der Waals surface area (Å²) in [5, 5.41) is 7.99. The fraction of sp³-hybridized carbons (Fsp3) is 0.778. The largest absolute Gasteiger partial charge is 0.481 e. The molecule has 0 aromatic carbocycles. The van der Waals surface area contributed by atoms with Crippen LogP contribution in [0.4, 0.5) is 4.79 Å². The van der Waals surface area contributed by atoms with Gasteiger partial charge in [-0.2, -0.15) is 0 Å². The van der Waals surface area contributed by atoms with Crippen molar-refractivity contribution in [2.75, 3.05) is 32.8 Å². The molecule has 0 saturated carbocycles. The van der Waals surface area contributed by atoms with E-state index in [0.717, 1.165) is 0 Å². The Morgan fingerprint density at radius 1 is 1.31 bits per heavy atom. The van der Waals surface area contributed by atoms with Crippen LogP contribution < -0.4 is 11.5 Å². The molecule has 0 aromatic heterocycles. The van der Waals surface area contributed by atoms with Crippen LogP contribution in [-0.4, -0.2) is 54.9 Å². The summed E-state index contributed by atoms with van der Waals surface area (Å²) < 4.78 is 5.00. The number of carbonyl (C=O) groups excluding carboxylic acids is 1. The maximum Gasteiger partial charge on any atom is 0.314 e. The monoisotopic (exact) mass is 233 g/mol. The van der Waals surface area contributed by atoms with Crippen molar-refractivity contribution in [2.45, 2.75) is 12.8 Å². The summed E-state index contributed by atoms with van der Waals surface area (Å²) in [6.07, 6.45) is 0.770. The van der Waals surface area contributed by atoms with Crippen molar-refractivity contribution in [3.63, 3.8) is 0 Å². The van der Waals surface area contributed by atoms with Crippen LogP contribution in [0.3, 0.4) is 0 Å². The molecule has 1 aliphatic heterocycles. The molecule has 0 atom stereocenters. The predicted molar refractivity (Wildman–Crippen MR) is 57.9 cm³/mol. The van der Waals surface area contributed by atoms with E-state index in [1.807, 2.05) is 0 Å². The van der Waals surface area contributed by atoms with Crippen LogP contribution in [0.1, 0.15) is 12.8 Å². The number of ether oxygens (including phenoxy) is 1. The van der Waals surface area contributed by atoms with E-state index in [2.05, 4.69) is 0 Å². The molecule has 1 heterocycles. The zero-order chi connectivity index (χ0) is 12.4. The SMILES string of the molecule is NC(=O)N1CCOCC1.NCCCC(=O)O. The predicted octanol–water partition coefficient (Wildman–Crippen LogP) is -0.793. The third kappa shape index (κ3) is 8.01. The minimum Gasteiger partial charge on any atom is -0.481 e. The lowest BCUT2D eigenvalue weighted by Gasteiger charge is -2.24. The molecular formula is C9H19N3O4. The van der Waals surface area contributed by atoms with Gasteiger partial charge in [0, 0.05) is 19.5 Å². The molecular weight excluding hydrogens is 214 g/mol. The number of primary amides is 1. The molecule has 1 aliphatic rings. The highest BCUT2D eigenvalue weighted by molar-refractivity contribution is 5.72. The lowest BCUT2D eigenvalue weighted by molar-refractivity contribution is -0.137. The number of hydrogen-bond donors (Lipinski definition) is 3. The Morgan fingerprint density at radius 2 is 1.88 bits per heavy atom. The maximum absolute atomic E-state index is 10.4. The van der Waals surface area contributed by atoms with Crippen molar-refractivity contribution in [1.82, 2.24) is 4.90 Å². The van der Waals surface area contributed by atoms with Gasteiger partial charge in [0.2, 0.25) is 0 Å². The zero-order valence-corrected chi connectivity index (χ0v) is 9.22. The van der Waals surface area contributed by atoms with Crippen molar-refractivity contribution in [2.24, 2.45) is 11.5 Å².